The van der Waals surface area contributed by atoms with Crippen LogP contribution in [0.25, 0.3) is 10.4 Å². The van der Waals surface area contributed by atoms with Crippen molar-refractivity contribution < 1.29 is 0 Å². The van der Waals surface area contributed by atoms with E-state index in [1.807, 2.05) is 17.4 Å². The fraction of sp³-hybridized carbons (Fsp3) is 0.333. The lowest BCUT2D eigenvalue weighted by molar-refractivity contribution is 0.676. The first-order valence-electron chi connectivity index (χ1n) is 6.26. The zero-order valence-corrected chi connectivity index (χ0v) is 12.4. The van der Waals surface area contributed by atoms with Gasteiger partial charge in [-0.25, -0.2) is 0 Å². The molecule has 0 radical (unpaired) electrons. The molecular weight excluding hydrogens is 262 g/mol. The standard InChI is InChI=1S/C15H18ClNS/c1-3-8-17-10-13-9-12(5-6-14(13)16)15-7-4-11(2)18-15/h4-7,9,17H,3,8,10H2,1-2H3. The van der Waals surface area contributed by atoms with Gasteiger partial charge in [0.25, 0.3) is 0 Å². The van der Waals surface area contributed by atoms with E-state index >= 15 is 0 Å². The van der Waals surface area contributed by atoms with Gasteiger partial charge in [-0.2, -0.15) is 0 Å². The normalized spacial score (nSPS) is 10.8. The lowest BCUT2D eigenvalue weighted by Crippen LogP contribution is -2.14. The van der Waals surface area contributed by atoms with Crippen LogP contribution in [0.4, 0.5) is 0 Å². The number of aryl methyl sites for hydroxylation is 1. The van der Waals surface area contributed by atoms with Gasteiger partial charge in [0.1, 0.15) is 0 Å². The predicted molar refractivity (Wildman–Crippen MR) is 81.5 cm³/mol. The van der Waals surface area contributed by atoms with Gasteiger partial charge in [-0.3, -0.25) is 0 Å². The van der Waals surface area contributed by atoms with Crippen LogP contribution in [-0.4, -0.2) is 6.54 Å². The third-order valence-electron chi connectivity index (χ3n) is 2.81. The van der Waals surface area contributed by atoms with E-state index in [1.165, 1.54) is 20.9 Å². The number of halogens is 1. The quantitative estimate of drug-likeness (QED) is 0.770. The molecule has 0 saturated carbocycles. The molecule has 0 aliphatic carbocycles. The molecule has 0 aliphatic rings. The Morgan fingerprint density at radius 2 is 2.06 bits per heavy atom. The third kappa shape index (κ3) is 3.35. The SMILES string of the molecule is CCCNCc1cc(-c2ccc(C)s2)ccc1Cl. The second kappa shape index (κ2) is 6.37. The predicted octanol–water partition coefficient (Wildman–Crippen LogP) is 4.88. The minimum Gasteiger partial charge on any atom is -0.313 e. The van der Waals surface area contributed by atoms with E-state index in [1.54, 1.807) is 0 Å². The summed E-state index contributed by atoms with van der Waals surface area (Å²) in [6, 6.07) is 10.6. The molecule has 0 bridgehead atoms. The van der Waals surface area contributed by atoms with Crippen molar-refractivity contribution in [3.8, 4) is 10.4 Å². The van der Waals surface area contributed by atoms with Crippen molar-refractivity contribution in [2.75, 3.05) is 6.54 Å². The number of hydrogen-bond donors (Lipinski definition) is 1. The average molecular weight is 280 g/mol. The molecule has 0 fully saturated rings. The number of hydrogen-bond acceptors (Lipinski definition) is 2. The second-order valence-electron chi connectivity index (χ2n) is 4.39. The Labute approximate surface area is 118 Å². The van der Waals surface area contributed by atoms with E-state index in [0.717, 1.165) is 24.5 Å². The van der Waals surface area contributed by atoms with Crippen LogP contribution in [0.2, 0.25) is 5.02 Å². The molecule has 1 aromatic heterocycles. The van der Waals surface area contributed by atoms with E-state index in [4.69, 9.17) is 11.6 Å². The molecule has 0 atom stereocenters. The summed E-state index contributed by atoms with van der Waals surface area (Å²) in [5.74, 6) is 0. The Hall–Kier alpha value is -0.830. The van der Waals surface area contributed by atoms with Gasteiger partial charge >= 0.3 is 0 Å². The van der Waals surface area contributed by atoms with Gasteiger partial charge in [0, 0.05) is 21.3 Å². The highest BCUT2D eigenvalue weighted by molar-refractivity contribution is 7.15. The van der Waals surface area contributed by atoms with E-state index in [9.17, 15) is 0 Å². The van der Waals surface area contributed by atoms with E-state index in [2.05, 4.69) is 43.4 Å². The van der Waals surface area contributed by atoms with Crippen LogP contribution in [0, 0.1) is 6.92 Å². The molecule has 2 aromatic rings. The molecule has 1 heterocycles. The Morgan fingerprint density at radius 3 is 2.72 bits per heavy atom. The maximum atomic E-state index is 6.23. The van der Waals surface area contributed by atoms with E-state index in [-0.39, 0.29) is 0 Å². The van der Waals surface area contributed by atoms with Gasteiger partial charge in [-0.05, 0) is 55.3 Å². The van der Waals surface area contributed by atoms with E-state index in [0.29, 0.717) is 0 Å². The average Bonchev–Trinajstić information content (AvgIpc) is 2.78. The smallest absolute Gasteiger partial charge is 0.0451 e. The van der Waals surface area contributed by atoms with Crippen molar-refractivity contribution in [3.63, 3.8) is 0 Å². The third-order valence-corrected chi connectivity index (χ3v) is 4.23. The maximum absolute atomic E-state index is 6.23. The molecule has 1 nitrogen and oxygen atoms in total. The van der Waals surface area contributed by atoms with Gasteiger partial charge in [0.15, 0.2) is 0 Å². The summed E-state index contributed by atoms with van der Waals surface area (Å²) in [5.41, 5.74) is 2.43. The van der Waals surface area contributed by atoms with Crippen molar-refractivity contribution in [2.24, 2.45) is 0 Å². The first-order valence-corrected chi connectivity index (χ1v) is 7.46. The molecule has 2 rings (SSSR count). The van der Waals surface area contributed by atoms with Gasteiger partial charge in [-0.1, -0.05) is 24.6 Å². The van der Waals surface area contributed by atoms with Crippen LogP contribution in [-0.2, 0) is 6.54 Å². The minimum absolute atomic E-state index is 0.838. The van der Waals surface area contributed by atoms with Crippen LogP contribution in [0.3, 0.4) is 0 Å². The lowest BCUT2D eigenvalue weighted by Gasteiger charge is -2.08. The number of thiophene rings is 1. The zero-order valence-electron chi connectivity index (χ0n) is 10.8. The monoisotopic (exact) mass is 279 g/mol. The molecule has 3 heteroatoms. The largest absolute Gasteiger partial charge is 0.313 e. The summed E-state index contributed by atoms with van der Waals surface area (Å²) in [6.45, 7) is 6.16. The Bertz CT molecular complexity index is 519. The second-order valence-corrected chi connectivity index (χ2v) is 6.09. The van der Waals surface area contributed by atoms with Crippen LogP contribution >= 0.6 is 22.9 Å². The van der Waals surface area contributed by atoms with Crippen LogP contribution < -0.4 is 5.32 Å². The summed E-state index contributed by atoms with van der Waals surface area (Å²) < 4.78 is 0. The highest BCUT2D eigenvalue weighted by Crippen LogP contribution is 2.30. The van der Waals surface area contributed by atoms with Gasteiger partial charge in [0.05, 0.1) is 0 Å². The van der Waals surface area contributed by atoms with Crippen molar-refractivity contribution in [2.45, 2.75) is 26.8 Å². The van der Waals surface area contributed by atoms with Gasteiger partial charge < -0.3 is 5.32 Å². The zero-order chi connectivity index (χ0) is 13.0. The molecule has 0 saturated heterocycles. The van der Waals surface area contributed by atoms with Crippen LogP contribution in [0.15, 0.2) is 30.3 Å². The highest BCUT2D eigenvalue weighted by Gasteiger charge is 2.05. The summed E-state index contributed by atoms with van der Waals surface area (Å²) in [5, 5.41) is 4.24. The summed E-state index contributed by atoms with van der Waals surface area (Å²) in [7, 11) is 0. The number of benzene rings is 1. The van der Waals surface area contributed by atoms with Crippen molar-refractivity contribution in [3.05, 3.63) is 45.8 Å². The van der Waals surface area contributed by atoms with Crippen molar-refractivity contribution >= 4 is 22.9 Å². The lowest BCUT2D eigenvalue weighted by atomic mass is 10.1. The van der Waals surface area contributed by atoms with Gasteiger partial charge in [-0.15, -0.1) is 11.3 Å². The van der Waals surface area contributed by atoms with Crippen LogP contribution in [0.5, 0.6) is 0 Å². The first-order chi connectivity index (χ1) is 8.70. The fourth-order valence-electron chi connectivity index (χ4n) is 1.85. The first kappa shape index (κ1) is 13.6. The molecule has 0 unspecified atom stereocenters. The molecule has 1 N–H and O–H groups in total. The molecule has 0 amide bonds. The van der Waals surface area contributed by atoms with Crippen molar-refractivity contribution in [1.29, 1.82) is 0 Å². The summed E-state index contributed by atoms with van der Waals surface area (Å²) >= 11 is 8.05. The summed E-state index contributed by atoms with van der Waals surface area (Å²) in [4.78, 5) is 2.64. The maximum Gasteiger partial charge on any atom is 0.0451 e. The number of rotatable bonds is 5. The van der Waals surface area contributed by atoms with E-state index < -0.39 is 0 Å². The molecular formula is C15H18ClNS. The molecule has 1 aromatic carbocycles. The number of nitrogens with one attached hydrogen (secondary N) is 1. The van der Waals surface area contributed by atoms with Crippen LogP contribution in [0.1, 0.15) is 23.8 Å². The molecule has 0 spiro atoms. The molecule has 18 heavy (non-hydrogen) atoms. The fourth-order valence-corrected chi connectivity index (χ4v) is 2.90. The van der Waals surface area contributed by atoms with Crippen molar-refractivity contribution in [1.82, 2.24) is 5.32 Å². The summed E-state index contributed by atoms with van der Waals surface area (Å²) in [6.07, 6.45) is 1.14. The Kier molecular flexibility index (Phi) is 4.81. The molecule has 0 aliphatic heterocycles. The molecule has 96 valence electrons. The Balaban J connectivity index is 2.20. The highest BCUT2D eigenvalue weighted by atomic mass is 35.5. The Morgan fingerprint density at radius 1 is 1.22 bits per heavy atom. The topological polar surface area (TPSA) is 12.0 Å². The van der Waals surface area contributed by atoms with Gasteiger partial charge in [0.2, 0.25) is 0 Å². The minimum atomic E-state index is 0.838.